The second kappa shape index (κ2) is 10.3. The number of rotatable bonds is 7. The summed E-state index contributed by atoms with van der Waals surface area (Å²) in [5.74, 6) is -0.333. The first-order valence-electron chi connectivity index (χ1n) is 12.3. The fourth-order valence-electron chi connectivity index (χ4n) is 5.06. The van der Waals surface area contributed by atoms with Crippen molar-refractivity contribution in [1.29, 1.82) is 0 Å². The highest BCUT2D eigenvalue weighted by Gasteiger charge is 2.31. The Labute approximate surface area is 209 Å². The number of benzene rings is 1. The highest BCUT2D eigenvalue weighted by molar-refractivity contribution is 7.09. The van der Waals surface area contributed by atoms with Crippen molar-refractivity contribution in [3.8, 4) is 0 Å². The van der Waals surface area contributed by atoms with Crippen LogP contribution in [0.25, 0.3) is 0 Å². The number of fused-ring (bicyclic) bond motifs is 2. The lowest BCUT2D eigenvalue weighted by molar-refractivity contribution is 0.0520. The number of esters is 1. The van der Waals surface area contributed by atoms with Gasteiger partial charge < -0.3 is 15.0 Å². The van der Waals surface area contributed by atoms with E-state index in [9.17, 15) is 9.59 Å². The molecule has 0 fully saturated rings. The summed E-state index contributed by atoms with van der Waals surface area (Å²) in [4.78, 5) is 31.6. The van der Waals surface area contributed by atoms with Gasteiger partial charge in [0.2, 0.25) is 0 Å². The van der Waals surface area contributed by atoms with Crippen molar-refractivity contribution in [2.75, 3.05) is 19.7 Å². The summed E-state index contributed by atoms with van der Waals surface area (Å²) in [6, 6.07) is 8.64. The normalized spacial score (nSPS) is 17.1. The van der Waals surface area contributed by atoms with Gasteiger partial charge in [-0.2, -0.15) is 5.10 Å². The molecule has 1 aliphatic carbocycles. The van der Waals surface area contributed by atoms with Gasteiger partial charge in [0.15, 0.2) is 11.4 Å². The first kappa shape index (κ1) is 23.7. The van der Waals surface area contributed by atoms with Crippen LogP contribution in [0.5, 0.6) is 0 Å². The van der Waals surface area contributed by atoms with Crippen LogP contribution in [0.15, 0.2) is 29.6 Å². The predicted molar refractivity (Wildman–Crippen MR) is 134 cm³/mol. The summed E-state index contributed by atoms with van der Waals surface area (Å²) in [5, 5.41) is 11.0. The summed E-state index contributed by atoms with van der Waals surface area (Å²) < 4.78 is 6.91. The molecule has 0 saturated carbocycles. The Kier molecular flexibility index (Phi) is 6.97. The molecule has 8 nitrogen and oxygen atoms in total. The van der Waals surface area contributed by atoms with Crippen LogP contribution < -0.4 is 5.32 Å². The Balaban J connectivity index is 1.21. The Bertz CT molecular complexity index is 1230. The second-order valence-electron chi connectivity index (χ2n) is 9.13. The van der Waals surface area contributed by atoms with E-state index in [4.69, 9.17) is 4.74 Å². The molecule has 2 aromatic heterocycles. The number of hydrogen-bond donors (Lipinski definition) is 1. The molecular weight excluding hydrogens is 462 g/mol. The van der Waals surface area contributed by atoms with Crippen molar-refractivity contribution in [3.05, 3.63) is 68.4 Å². The number of thiazole rings is 1. The quantitative estimate of drug-likeness (QED) is 0.509. The van der Waals surface area contributed by atoms with Crippen LogP contribution in [-0.2, 0) is 44.0 Å². The van der Waals surface area contributed by atoms with Crippen LogP contribution >= 0.6 is 11.3 Å². The monoisotopic (exact) mass is 493 g/mol. The van der Waals surface area contributed by atoms with Gasteiger partial charge >= 0.3 is 5.97 Å². The van der Waals surface area contributed by atoms with E-state index in [1.807, 2.05) is 22.7 Å². The van der Waals surface area contributed by atoms with Crippen molar-refractivity contribution in [3.63, 3.8) is 0 Å². The molecule has 0 bridgehead atoms. The molecule has 0 unspecified atom stereocenters. The number of nitrogens with zero attached hydrogens (tertiary/aromatic N) is 4. The Morgan fingerprint density at radius 3 is 2.89 bits per heavy atom. The summed E-state index contributed by atoms with van der Waals surface area (Å²) in [6.07, 6.45) is 4.33. The number of hydrogen-bond acceptors (Lipinski definition) is 7. The van der Waals surface area contributed by atoms with E-state index in [-0.39, 0.29) is 17.9 Å². The average molecular weight is 494 g/mol. The number of nitrogens with one attached hydrogen (secondary N) is 1. The Hall–Kier alpha value is -3.04. The van der Waals surface area contributed by atoms with Gasteiger partial charge in [0.25, 0.3) is 5.91 Å². The Morgan fingerprint density at radius 1 is 1.23 bits per heavy atom. The molecule has 3 aromatic rings. The zero-order valence-corrected chi connectivity index (χ0v) is 21.1. The highest BCUT2D eigenvalue weighted by atomic mass is 32.1. The molecular formula is C26H31N5O3S. The minimum absolute atomic E-state index is 0.0336. The SMILES string of the molecule is CCOC(=O)c1csc(CCN[C@H]2CCc3c(c(C(=O)N4CCc5ccccc5C4)nn3C)C2)n1. The maximum absolute atomic E-state index is 13.5. The largest absolute Gasteiger partial charge is 0.461 e. The molecule has 0 radical (unpaired) electrons. The van der Waals surface area contributed by atoms with Crippen molar-refractivity contribution < 1.29 is 14.3 Å². The molecule has 9 heteroatoms. The lowest BCUT2D eigenvalue weighted by atomic mass is 9.90. The van der Waals surface area contributed by atoms with Gasteiger partial charge in [-0.25, -0.2) is 9.78 Å². The summed E-state index contributed by atoms with van der Waals surface area (Å²) in [7, 11) is 1.94. The first-order valence-corrected chi connectivity index (χ1v) is 13.2. The lowest BCUT2D eigenvalue weighted by Gasteiger charge is -2.29. The maximum Gasteiger partial charge on any atom is 0.357 e. The molecule has 0 spiro atoms. The minimum Gasteiger partial charge on any atom is -0.461 e. The molecule has 1 N–H and O–H groups in total. The third-order valence-electron chi connectivity index (χ3n) is 6.88. The van der Waals surface area contributed by atoms with Crippen LogP contribution in [0.1, 0.15) is 61.7 Å². The molecule has 5 rings (SSSR count). The van der Waals surface area contributed by atoms with Crippen LogP contribution in [0, 0.1) is 0 Å². The van der Waals surface area contributed by atoms with E-state index in [2.05, 4.69) is 33.6 Å². The fourth-order valence-corrected chi connectivity index (χ4v) is 5.83. The zero-order chi connectivity index (χ0) is 24.4. The molecule has 1 aliphatic heterocycles. The van der Waals surface area contributed by atoms with E-state index < -0.39 is 0 Å². The zero-order valence-electron chi connectivity index (χ0n) is 20.2. The Morgan fingerprint density at radius 2 is 2.06 bits per heavy atom. The molecule has 1 atom stereocenters. The van der Waals surface area contributed by atoms with E-state index in [1.54, 1.807) is 12.3 Å². The van der Waals surface area contributed by atoms with Crippen molar-refractivity contribution in [1.82, 2.24) is 25.0 Å². The van der Waals surface area contributed by atoms with Crippen molar-refractivity contribution in [2.45, 2.75) is 51.6 Å². The third kappa shape index (κ3) is 5.01. The second-order valence-corrected chi connectivity index (χ2v) is 10.1. The van der Waals surface area contributed by atoms with E-state index in [0.29, 0.717) is 24.5 Å². The summed E-state index contributed by atoms with van der Waals surface area (Å²) >= 11 is 1.48. The third-order valence-corrected chi connectivity index (χ3v) is 7.79. The smallest absolute Gasteiger partial charge is 0.357 e. The van der Waals surface area contributed by atoms with Crippen LogP contribution in [0.2, 0.25) is 0 Å². The van der Waals surface area contributed by atoms with Gasteiger partial charge in [-0.3, -0.25) is 9.48 Å². The van der Waals surface area contributed by atoms with Gasteiger partial charge in [-0.1, -0.05) is 24.3 Å². The van der Waals surface area contributed by atoms with Gasteiger partial charge in [0.1, 0.15) is 0 Å². The molecule has 184 valence electrons. The highest BCUT2D eigenvalue weighted by Crippen LogP contribution is 2.27. The van der Waals surface area contributed by atoms with Gasteiger partial charge in [-0.05, 0) is 43.7 Å². The number of aromatic nitrogens is 3. The van der Waals surface area contributed by atoms with Gasteiger partial charge in [0.05, 0.1) is 11.6 Å². The standard InChI is InChI=1S/C26H31N5O3S/c1-3-34-26(33)21-16-35-23(28-21)10-12-27-19-8-9-22-20(14-19)24(29-30(22)2)25(32)31-13-11-17-6-4-5-7-18(17)15-31/h4-7,16,19,27H,3,8-15H2,1-2H3/t19-/m0/s1. The number of carbonyl (C=O) groups is 2. The molecule has 0 saturated heterocycles. The van der Waals surface area contributed by atoms with E-state index in [0.717, 1.165) is 55.8 Å². The van der Waals surface area contributed by atoms with Crippen LogP contribution in [0.4, 0.5) is 0 Å². The maximum atomic E-state index is 13.5. The molecule has 35 heavy (non-hydrogen) atoms. The molecule has 3 heterocycles. The van der Waals surface area contributed by atoms with Crippen molar-refractivity contribution >= 4 is 23.2 Å². The van der Waals surface area contributed by atoms with Gasteiger partial charge in [-0.15, -0.1) is 11.3 Å². The van der Waals surface area contributed by atoms with Crippen molar-refractivity contribution in [2.24, 2.45) is 7.05 Å². The van der Waals surface area contributed by atoms with Gasteiger partial charge in [0, 0.05) is 55.8 Å². The van der Waals surface area contributed by atoms with Crippen LogP contribution in [-0.4, -0.2) is 57.3 Å². The number of carbonyl (C=O) groups excluding carboxylic acids is 2. The number of aryl methyl sites for hydroxylation is 1. The van der Waals surface area contributed by atoms with Crippen LogP contribution in [0.3, 0.4) is 0 Å². The number of ether oxygens (including phenoxy) is 1. The predicted octanol–water partition coefficient (Wildman–Crippen LogP) is 2.94. The lowest BCUT2D eigenvalue weighted by Crippen LogP contribution is -2.38. The first-order chi connectivity index (χ1) is 17.0. The summed E-state index contributed by atoms with van der Waals surface area (Å²) in [6.45, 7) is 4.27. The average Bonchev–Trinajstić information content (AvgIpc) is 3.48. The van der Waals surface area contributed by atoms with E-state index in [1.165, 1.54) is 28.2 Å². The molecule has 2 aliphatic rings. The number of amides is 1. The molecule has 1 aromatic carbocycles. The topological polar surface area (TPSA) is 89.4 Å². The summed E-state index contributed by atoms with van der Waals surface area (Å²) in [5.41, 5.74) is 5.80. The van der Waals surface area contributed by atoms with E-state index >= 15 is 0 Å². The molecule has 1 amide bonds. The minimum atomic E-state index is -0.367. The fraction of sp³-hybridized carbons (Fsp3) is 0.462.